The van der Waals surface area contributed by atoms with Crippen molar-refractivity contribution in [3.63, 3.8) is 0 Å². The molecule has 3 amide bonds. The van der Waals surface area contributed by atoms with Crippen molar-refractivity contribution in [3.8, 4) is 16.9 Å². The summed E-state index contributed by atoms with van der Waals surface area (Å²) in [7, 11) is 2.02. The number of amides is 3. The Morgan fingerprint density at radius 1 is 0.958 bits per heavy atom. The number of alkyl halides is 3. The average molecular weight is 661 g/mol. The van der Waals surface area contributed by atoms with E-state index in [0.717, 1.165) is 41.0 Å². The second-order valence-electron chi connectivity index (χ2n) is 12.2. The number of rotatable bonds is 9. The van der Waals surface area contributed by atoms with Crippen molar-refractivity contribution in [1.82, 2.24) is 9.80 Å². The number of likely N-dealkylation sites (N-methyl/N-ethyl adjacent to an activating group) is 1. The molecule has 0 fully saturated rings. The molecule has 8 nitrogen and oxygen atoms in total. The molecule has 0 aliphatic carbocycles. The second kappa shape index (κ2) is 14.9. The highest BCUT2D eigenvalue weighted by Crippen LogP contribution is 2.32. The zero-order chi connectivity index (χ0) is 34.4. The number of ether oxygens (including phenoxy) is 1. The lowest BCUT2D eigenvalue weighted by Gasteiger charge is -2.38. The molecular weight excluding hydrogens is 621 g/mol. The highest BCUT2D eigenvalue weighted by atomic mass is 19.4. The van der Waals surface area contributed by atoms with Gasteiger partial charge in [0, 0.05) is 36.9 Å². The van der Waals surface area contributed by atoms with Crippen LogP contribution in [0.5, 0.6) is 5.75 Å². The molecule has 0 spiro atoms. The van der Waals surface area contributed by atoms with Crippen LogP contribution in [0, 0.1) is 5.92 Å². The summed E-state index contributed by atoms with van der Waals surface area (Å²) >= 11 is 0. The molecule has 1 heterocycles. The first-order valence-electron chi connectivity index (χ1n) is 15.7. The van der Waals surface area contributed by atoms with Gasteiger partial charge in [0.05, 0.1) is 23.8 Å². The summed E-state index contributed by atoms with van der Waals surface area (Å²) in [5.41, 5.74) is 3.29. The van der Waals surface area contributed by atoms with E-state index in [2.05, 4.69) is 51.9 Å². The summed E-state index contributed by atoms with van der Waals surface area (Å²) in [6, 6.07) is 26.3. The quantitative estimate of drug-likeness (QED) is 0.174. The molecular formula is C37H39F3N4O4. The fourth-order valence-electron chi connectivity index (χ4n) is 5.67. The van der Waals surface area contributed by atoms with Crippen LogP contribution in [0.4, 0.5) is 29.3 Å². The number of nitrogens with one attached hydrogen (secondary N) is 2. The maximum absolute atomic E-state index is 13.8. The predicted octanol–water partition coefficient (Wildman–Crippen LogP) is 7.37. The zero-order valence-corrected chi connectivity index (χ0v) is 27.0. The third-order valence-electron chi connectivity index (χ3n) is 8.40. The van der Waals surface area contributed by atoms with Gasteiger partial charge in [-0.25, -0.2) is 4.79 Å². The number of aliphatic hydroxyl groups excluding tert-OH is 1. The number of carbonyl (C=O) groups excluding carboxylic acids is 2. The Morgan fingerprint density at radius 3 is 2.23 bits per heavy atom. The molecule has 4 aromatic rings. The first kappa shape index (κ1) is 34.5. The van der Waals surface area contributed by atoms with Crippen molar-refractivity contribution in [1.29, 1.82) is 0 Å². The van der Waals surface area contributed by atoms with Crippen LogP contribution in [-0.4, -0.2) is 65.7 Å². The number of benzene rings is 4. The number of aliphatic hydroxyl groups is 1. The molecule has 0 radical (unpaired) electrons. The van der Waals surface area contributed by atoms with Gasteiger partial charge in [-0.15, -0.1) is 0 Å². The first-order valence-corrected chi connectivity index (χ1v) is 15.7. The van der Waals surface area contributed by atoms with E-state index in [-0.39, 0.29) is 41.5 Å². The van der Waals surface area contributed by atoms with Crippen molar-refractivity contribution in [3.05, 3.63) is 114 Å². The maximum Gasteiger partial charge on any atom is 0.416 e. The molecule has 252 valence electrons. The topological polar surface area (TPSA) is 94.1 Å². The van der Waals surface area contributed by atoms with E-state index in [9.17, 15) is 27.9 Å². The maximum atomic E-state index is 13.8. The molecule has 0 bridgehead atoms. The zero-order valence-electron chi connectivity index (χ0n) is 27.0. The molecule has 5 rings (SSSR count). The highest BCUT2D eigenvalue weighted by molar-refractivity contribution is 6.02. The molecule has 0 saturated carbocycles. The third-order valence-corrected chi connectivity index (χ3v) is 8.40. The van der Waals surface area contributed by atoms with Crippen molar-refractivity contribution in [2.75, 3.05) is 37.4 Å². The molecule has 3 atom stereocenters. The van der Waals surface area contributed by atoms with Crippen LogP contribution in [-0.2, 0) is 12.7 Å². The number of urea groups is 1. The summed E-state index contributed by atoms with van der Waals surface area (Å²) in [6.45, 7) is 5.14. The van der Waals surface area contributed by atoms with Gasteiger partial charge in [0.2, 0.25) is 0 Å². The summed E-state index contributed by atoms with van der Waals surface area (Å²) in [5.74, 6) is -0.0807. The highest BCUT2D eigenvalue weighted by Gasteiger charge is 2.34. The van der Waals surface area contributed by atoms with Crippen molar-refractivity contribution < 1.29 is 32.6 Å². The van der Waals surface area contributed by atoms with Crippen LogP contribution in [0.1, 0.15) is 35.3 Å². The Bertz CT molecular complexity index is 1700. The molecule has 0 aromatic heterocycles. The number of nitrogens with zero attached hydrogens (tertiary/aromatic N) is 2. The van der Waals surface area contributed by atoms with Crippen molar-refractivity contribution in [2.24, 2.45) is 5.92 Å². The Balaban J connectivity index is 1.30. The van der Waals surface area contributed by atoms with Crippen LogP contribution in [0.15, 0.2) is 97.1 Å². The van der Waals surface area contributed by atoms with Crippen LogP contribution in [0.3, 0.4) is 0 Å². The molecule has 3 N–H and O–H groups in total. The lowest BCUT2D eigenvalue weighted by Crippen LogP contribution is -2.49. The minimum Gasteiger partial charge on any atom is -0.488 e. The smallest absolute Gasteiger partial charge is 0.416 e. The van der Waals surface area contributed by atoms with Crippen LogP contribution in [0.2, 0.25) is 0 Å². The van der Waals surface area contributed by atoms with Crippen LogP contribution in [0.25, 0.3) is 11.1 Å². The summed E-state index contributed by atoms with van der Waals surface area (Å²) in [5, 5.41) is 15.1. The van der Waals surface area contributed by atoms with E-state index in [1.165, 1.54) is 6.07 Å². The standard InChI is InChI=1S/C37H39F3N4O4/c1-24-20-44(25(2)23-45)35(46)32-19-31(42-36(47)41-30-15-13-29(14-16-30)37(38,39)40)17-18-33(32)48-34(24)22-43(3)21-26-9-11-28(12-10-26)27-7-5-4-6-8-27/h4-19,24-25,34,45H,20-23H2,1-3H3,(H2,41,42,47)/t24-,25-,34+/m1/s1. The first-order chi connectivity index (χ1) is 22.9. The molecule has 0 saturated heterocycles. The van der Waals surface area contributed by atoms with Gasteiger partial charge in [0.25, 0.3) is 5.91 Å². The van der Waals surface area contributed by atoms with Crippen molar-refractivity contribution in [2.45, 2.75) is 38.7 Å². The summed E-state index contributed by atoms with van der Waals surface area (Å²) in [4.78, 5) is 30.3. The SMILES string of the molecule is C[C@@H]1CN([C@H](C)CO)C(=O)c2cc(NC(=O)Nc3ccc(C(F)(F)F)cc3)ccc2O[C@H]1CN(C)Cc1ccc(-c2ccccc2)cc1. The Morgan fingerprint density at radius 2 is 1.58 bits per heavy atom. The van der Waals surface area contributed by atoms with Gasteiger partial charge >= 0.3 is 12.2 Å². The van der Waals surface area contributed by atoms with Crippen LogP contribution < -0.4 is 15.4 Å². The Kier molecular flexibility index (Phi) is 10.7. The monoisotopic (exact) mass is 660 g/mol. The van der Waals surface area contributed by atoms with Gasteiger partial charge in [0.1, 0.15) is 11.9 Å². The van der Waals surface area contributed by atoms with E-state index in [1.807, 2.05) is 32.2 Å². The minimum atomic E-state index is -4.49. The average Bonchev–Trinajstić information content (AvgIpc) is 3.06. The van der Waals surface area contributed by atoms with E-state index in [0.29, 0.717) is 25.4 Å². The number of hydrogen-bond acceptors (Lipinski definition) is 5. The van der Waals surface area contributed by atoms with Crippen LogP contribution >= 0.6 is 0 Å². The number of fused-ring (bicyclic) bond motifs is 1. The number of halogens is 3. The van der Waals surface area contributed by atoms with Gasteiger partial charge in [-0.1, -0.05) is 61.5 Å². The fourth-order valence-corrected chi connectivity index (χ4v) is 5.67. The lowest BCUT2D eigenvalue weighted by atomic mass is 9.99. The largest absolute Gasteiger partial charge is 0.488 e. The van der Waals surface area contributed by atoms with Gasteiger partial charge in [0.15, 0.2) is 0 Å². The summed E-state index contributed by atoms with van der Waals surface area (Å²) in [6.07, 6.45) is -4.79. The molecule has 4 aromatic carbocycles. The normalized spacial score (nSPS) is 17.2. The minimum absolute atomic E-state index is 0.0775. The second-order valence-corrected chi connectivity index (χ2v) is 12.2. The van der Waals surface area contributed by atoms with Gasteiger partial charge < -0.3 is 25.4 Å². The summed E-state index contributed by atoms with van der Waals surface area (Å²) < 4.78 is 45.2. The molecule has 1 aliphatic rings. The van der Waals surface area contributed by atoms with E-state index in [1.54, 1.807) is 24.0 Å². The number of hydrogen-bond donors (Lipinski definition) is 3. The number of anilines is 2. The Labute approximate surface area is 278 Å². The van der Waals surface area contributed by atoms with E-state index in [4.69, 9.17) is 4.74 Å². The number of carbonyl (C=O) groups is 2. The predicted molar refractivity (Wildman–Crippen MR) is 180 cm³/mol. The van der Waals surface area contributed by atoms with Gasteiger partial charge in [-0.05, 0) is 73.1 Å². The third kappa shape index (κ3) is 8.53. The van der Waals surface area contributed by atoms with Gasteiger partial charge in [-0.2, -0.15) is 13.2 Å². The molecule has 11 heteroatoms. The fraction of sp³-hybridized carbons (Fsp3) is 0.297. The van der Waals surface area contributed by atoms with E-state index < -0.39 is 23.8 Å². The van der Waals surface area contributed by atoms with E-state index >= 15 is 0 Å². The molecule has 1 aliphatic heterocycles. The molecule has 0 unspecified atom stereocenters. The molecule has 48 heavy (non-hydrogen) atoms. The Hall–Kier alpha value is -4.87. The van der Waals surface area contributed by atoms with Gasteiger partial charge in [-0.3, -0.25) is 9.69 Å². The lowest BCUT2D eigenvalue weighted by molar-refractivity contribution is -0.137. The van der Waals surface area contributed by atoms with Crippen molar-refractivity contribution >= 4 is 23.3 Å².